The second-order valence-corrected chi connectivity index (χ2v) is 6.50. The Hall–Kier alpha value is -2.54. The zero-order valence-electron chi connectivity index (χ0n) is 13.7. The maximum Gasteiger partial charge on any atom is 0.338 e. The highest BCUT2D eigenvalue weighted by Gasteiger charge is 2.32. The molecule has 0 bridgehead atoms. The number of hydrogen-bond acceptors (Lipinski definition) is 5. The van der Waals surface area contributed by atoms with E-state index in [2.05, 4.69) is 15.9 Å². The van der Waals surface area contributed by atoms with Gasteiger partial charge in [-0.3, -0.25) is 0 Å². The number of rotatable bonds is 8. The Morgan fingerprint density at radius 2 is 1.50 bits per heavy atom. The Balaban J connectivity index is 2.00. The van der Waals surface area contributed by atoms with E-state index in [-0.39, 0.29) is 12.2 Å². The Bertz CT molecular complexity index is 742. The first kappa shape index (κ1) is 19.8. The smallest absolute Gasteiger partial charge is 0.338 e. The van der Waals surface area contributed by atoms with E-state index in [9.17, 15) is 14.0 Å². The van der Waals surface area contributed by atoms with Gasteiger partial charge < -0.3 is 14.9 Å². The van der Waals surface area contributed by atoms with Crippen LogP contribution in [0.4, 0.5) is 4.39 Å². The van der Waals surface area contributed by atoms with Crippen LogP contribution < -0.4 is 0 Å². The van der Waals surface area contributed by atoms with Crippen LogP contribution >= 0.6 is 15.9 Å². The Kier molecular flexibility index (Phi) is 7.47. The lowest BCUT2D eigenvalue weighted by molar-refractivity contribution is 0.00882. The van der Waals surface area contributed by atoms with Gasteiger partial charge in [-0.15, -0.1) is 0 Å². The molecule has 0 saturated heterocycles. The van der Waals surface area contributed by atoms with E-state index < -0.39 is 29.0 Å². The van der Waals surface area contributed by atoms with Gasteiger partial charge in [0.2, 0.25) is 0 Å². The lowest BCUT2D eigenvalue weighted by Gasteiger charge is -2.24. The molecule has 2 rings (SSSR count). The molecule has 0 aromatic heterocycles. The number of halogens is 2. The molecule has 26 heavy (non-hydrogen) atoms. The summed E-state index contributed by atoms with van der Waals surface area (Å²) in [5.41, 5.74) is 0.615. The molecule has 0 spiro atoms. The maximum absolute atomic E-state index is 14.1. The van der Waals surface area contributed by atoms with Gasteiger partial charge in [-0.2, -0.15) is 0 Å². The van der Waals surface area contributed by atoms with Gasteiger partial charge in [-0.05, 0) is 24.3 Å². The van der Waals surface area contributed by atoms with Crippen molar-refractivity contribution in [3.05, 3.63) is 71.8 Å². The number of ether oxygens (including phenoxy) is 2. The molecule has 5 nitrogen and oxygen atoms in total. The van der Waals surface area contributed by atoms with Crippen LogP contribution in [0, 0.1) is 5.41 Å². The summed E-state index contributed by atoms with van der Waals surface area (Å²) in [5.74, 6) is -1.30. The minimum Gasteiger partial charge on any atom is -0.461 e. The zero-order chi connectivity index (χ0) is 18.9. The van der Waals surface area contributed by atoms with Crippen LogP contribution in [-0.4, -0.2) is 41.9 Å². The van der Waals surface area contributed by atoms with Crippen molar-refractivity contribution in [2.45, 2.75) is 17.1 Å². The first-order valence-electron chi connectivity index (χ1n) is 7.80. The number of alkyl halides is 2. The van der Waals surface area contributed by atoms with E-state index in [0.717, 1.165) is 0 Å². The maximum atomic E-state index is 14.1. The molecule has 0 amide bonds. The van der Waals surface area contributed by atoms with Gasteiger partial charge in [0.05, 0.1) is 16.0 Å². The highest BCUT2D eigenvalue weighted by molar-refractivity contribution is 9.09. The fourth-order valence-electron chi connectivity index (χ4n) is 2.11. The molecule has 0 saturated carbocycles. The Morgan fingerprint density at radius 3 is 2.00 bits per heavy atom. The number of carbonyl (C=O) groups excluding carboxylic acids is 2. The molecule has 0 radical (unpaired) electrons. The summed E-state index contributed by atoms with van der Waals surface area (Å²) in [4.78, 5) is 23.3. The highest BCUT2D eigenvalue weighted by atomic mass is 79.9. The fraction of sp³-hybridized carbons (Fsp3) is 0.211. The number of nitrogens with one attached hydrogen (secondary N) is 1. The highest BCUT2D eigenvalue weighted by Crippen LogP contribution is 2.18. The van der Waals surface area contributed by atoms with Crippen molar-refractivity contribution in [2.75, 3.05) is 6.61 Å². The van der Waals surface area contributed by atoms with Gasteiger partial charge >= 0.3 is 11.9 Å². The van der Waals surface area contributed by atoms with Crippen LogP contribution in [0.15, 0.2) is 60.7 Å². The third kappa shape index (κ3) is 5.49. The Morgan fingerprint density at radius 1 is 1.00 bits per heavy atom. The lowest BCUT2D eigenvalue weighted by Crippen LogP contribution is -2.39. The molecule has 3 atom stereocenters. The molecule has 0 aliphatic heterocycles. The van der Waals surface area contributed by atoms with Gasteiger partial charge in [0.25, 0.3) is 0 Å². The number of hydrogen-bond donors (Lipinski definition) is 1. The summed E-state index contributed by atoms with van der Waals surface area (Å²) < 4.78 is 24.4. The van der Waals surface area contributed by atoms with E-state index in [1.807, 2.05) is 0 Å². The molecule has 136 valence electrons. The monoisotopic (exact) mass is 421 g/mol. The largest absolute Gasteiger partial charge is 0.461 e. The van der Waals surface area contributed by atoms with E-state index in [1.165, 1.54) is 12.1 Å². The van der Waals surface area contributed by atoms with Gasteiger partial charge in [0.1, 0.15) is 6.61 Å². The molecular formula is C19H17BrFNO4. The van der Waals surface area contributed by atoms with E-state index in [1.54, 1.807) is 48.5 Å². The van der Waals surface area contributed by atoms with Crippen LogP contribution in [0.25, 0.3) is 0 Å². The van der Waals surface area contributed by atoms with Crippen molar-refractivity contribution in [2.24, 2.45) is 0 Å². The average molecular weight is 422 g/mol. The van der Waals surface area contributed by atoms with E-state index in [4.69, 9.17) is 14.9 Å². The average Bonchev–Trinajstić information content (AvgIpc) is 2.70. The van der Waals surface area contributed by atoms with Crippen LogP contribution in [0.1, 0.15) is 20.7 Å². The van der Waals surface area contributed by atoms with Gasteiger partial charge in [-0.1, -0.05) is 52.3 Å². The van der Waals surface area contributed by atoms with E-state index in [0.29, 0.717) is 11.8 Å². The second kappa shape index (κ2) is 9.82. The number of esters is 2. The molecule has 0 aliphatic rings. The van der Waals surface area contributed by atoms with Crippen LogP contribution in [0.5, 0.6) is 0 Å². The van der Waals surface area contributed by atoms with Crippen molar-refractivity contribution in [1.29, 1.82) is 5.41 Å². The summed E-state index contributed by atoms with van der Waals surface area (Å²) >= 11 is 3.19. The third-order valence-electron chi connectivity index (χ3n) is 3.47. The van der Waals surface area contributed by atoms with Crippen molar-refractivity contribution in [1.82, 2.24) is 0 Å². The summed E-state index contributed by atoms with van der Waals surface area (Å²) in [6.45, 7) is -0.227. The predicted molar refractivity (Wildman–Crippen MR) is 98.8 cm³/mol. The van der Waals surface area contributed by atoms with Crippen LogP contribution in [-0.2, 0) is 9.47 Å². The molecule has 0 aliphatic carbocycles. The summed E-state index contributed by atoms with van der Waals surface area (Å²) in [7, 11) is 0. The minimum atomic E-state index is -1.84. The van der Waals surface area contributed by atoms with Crippen molar-refractivity contribution >= 4 is 34.1 Å². The van der Waals surface area contributed by atoms with Crippen LogP contribution in [0.2, 0.25) is 0 Å². The van der Waals surface area contributed by atoms with Gasteiger partial charge in [0.15, 0.2) is 12.3 Å². The second-order valence-electron chi connectivity index (χ2n) is 5.33. The van der Waals surface area contributed by atoms with Crippen molar-refractivity contribution < 1.29 is 23.5 Å². The summed E-state index contributed by atoms with van der Waals surface area (Å²) in [5, 5.41) is 7.11. The Labute approximate surface area is 158 Å². The van der Waals surface area contributed by atoms with Crippen LogP contribution in [0.3, 0.4) is 0 Å². The van der Waals surface area contributed by atoms with Gasteiger partial charge in [-0.25, -0.2) is 14.0 Å². The van der Waals surface area contributed by atoms with E-state index >= 15 is 0 Å². The first-order chi connectivity index (χ1) is 12.5. The normalized spacial score (nSPS) is 13.9. The zero-order valence-corrected chi connectivity index (χ0v) is 15.3. The van der Waals surface area contributed by atoms with Gasteiger partial charge in [0, 0.05) is 6.21 Å². The lowest BCUT2D eigenvalue weighted by atomic mass is 10.1. The minimum absolute atomic E-state index is 0.227. The standard InChI is InChI=1S/C19H17BrFNO4/c20-15(12-25-18(23)13-7-3-1-4-8-13)17(16(21)11-22)26-19(24)14-9-5-2-6-10-14/h1-11,15-17,22H,12H2/t15-,16-,17-/m1/s1. The molecule has 2 aromatic rings. The number of benzene rings is 2. The summed E-state index contributed by atoms with van der Waals surface area (Å²) in [6, 6.07) is 16.5. The molecule has 0 unspecified atom stereocenters. The molecule has 0 heterocycles. The molecule has 1 N–H and O–H groups in total. The SMILES string of the molecule is N=C[C@@H](F)[C@H](OC(=O)c1ccccc1)[C@H](Br)COC(=O)c1ccccc1. The van der Waals surface area contributed by atoms with Crippen molar-refractivity contribution in [3.63, 3.8) is 0 Å². The van der Waals surface area contributed by atoms with Crippen molar-refractivity contribution in [3.8, 4) is 0 Å². The topological polar surface area (TPSA) is 76.4 Å². The first-order valence-corrected chi connectivity index (χ1v) is 8.71. The molecule has 0 fully saturated rings. The molecule has 2 aromatic carbocycles. The number of carbonyl (C=O) groups is 2. The quantitative estimate of drug-likeness (QED) is 0.399. The predicted octanol–water partition coefficient (Wildman–Crippen LogP) is 3.82. The third-order valence-corrected chi connectivity index (χ3v) is 4.25. The fourth-order valence-corrected chi connectivity index (χ4v) is 2.64. The molecular weight excluding hydrogens is 405 g/mol. The molecule has 7 heteroatoms. The summed E-state index contributed by atoms with van der Waals surface area (Å²) in [6.07, 6.45) is -2.62.